The number of hydrogen-bond donors (Lipinski definition) is 2. The second kappa shape index (κ2) is 7.45. The molecule has 0 bridgehead atoms. The molecule has 0 fully saturated rings. The van der Waals surface area contributed by atoms with Crippen LogP contribution in [0, 0.1) is 5.92 Å². The largest absolute Gasteiger partial charge is 0.478 e. The third kappa shape index (κ3) is 4.85. The van der Waals surface area contributed by atoms with Gasteiger partial charge < -0.3 is 5.11 Å². The Bertz CT molecular complexity index is 629. The van der Waals surface area contributed by atoms with Gasteiger partial charge in [-0.2, -0.15) is 0 Å². The van der Waals surface area contributed by atoms with Gasteiger partial charge in [-0.25, -0.2) is 17.9 Å². The van der Waals surface area contributed by atoms with Crippen LogP contribution < -0.4 is 4.72 Å². The van der Waals surface area contributed by atoms with E-state index >= 15 is 0 Å². The van der Waals surface area contributed by atoms with Crippen LogP contribution >= 0.6 is 23.2 Å². The maximum atomic E-state index is 12.2. The zero-order valence-corrected chi connectivity index (χ0v) is 14.0. The van der Waals surface area contributed by atoms with E-state index in [1.54, 1.807) is 0 Å². The Hall–Kier alpha value is -0.820. The number of benzene rings is 1. The van der Waals surface area contributed by atoms with Crippen molar-refractivity contribution >= 4 is 39.2 Å². The molecule has 1 aromatic rings. The topological polar surface area (TPSA) is 83.5 Å². The first-order valence-electron chi connectivity index (χ1n) is 6.37. The summed E-state index contributed by atoms with van der Waals surface area (Å²) in [5.74, 6) is -0.894. The SMILES string of the molecule is CC(C)CCCNS(=O)(=O)c1ccc(Cl)c(C(=O)O)c1Cl. The van der Waals surface area contributed by atoms with E-state index in [4.69, 9.17) is 28.3 Å². The zero-order chi connectivity index (χ0) is 16.2. The highest BCUT2D eigenvalue weighted by Crippen LogP contribution is 2.31. The summed E-state index contributed by atoms with van der Waals surface area (Å²) in [4.78, 5) is 10.8. The average molecular weight is 354 g/mol. The van der Waals surface area contributed by atoms with Gasteiger partial charge in [-0.05, 0) is 30.9 Å². The predicted molar refractivity (Wildman–Crippen MR) is 82.7 cm³/mol. The molecule has 0 amide bonds. The van der Waals surface area contributed by atoms with Gasteiger partial charge in [0.15, 0.2) is 0 Å². The molecule has 21 heavy (non-hydrogen) atoms. The maximum absolute atomic E-state index is 12.2. The number of rotatable bonds is 7. The lowest BCUT2D eigenvalue weighted by Crippen LogP contribution is -2.25. The highest BCUT2D eigenvalue weighted by molar-refractivity contribution is 7.89. The van der Waals surface area contributed by atoms with Gasteiger partial charge in [0.25, 0.3) is 0 Å². The van der Waals surface area contributed by atoms with Gasteiger partial charge in [-0.15, -0.1) is 0 Å². The molecule has 8 heteroatoms. The van der Waals surface area contributed by atoms with Gasteiger partial charge in [-0.1, -0.05) is 37.0 Å². The molecule has 2 N–H and O–H groups in total. The molecular weight excluding hydrogens is 337 g/mol. The standard InChI is InChI=1S/C13H17Cl2NO4S/c1-8(2)4-3-7-16-21(19,20)10-6-5-9(14)11(12(10)15)13(17)18/h5-6,8,16H,3-4,7H2,1-2H3,(H,17,18). The van der Waals surface area contributed by atoms with Crippen molar-refractivity contribution in [3.63, 3.8) is 0 Å². The first-order valence-corrected chi connectivity index (χ1v) is 8.61. The van der Waals surface area contributed by atoms with E-state index in [0.29, 0.717) is 12.3 Å². The van der Waals surface area contributed by atoms with E-state index in [2.05, 4.69) is 4.72 Å². The van der Waals surface area contributed by atoms with Crippen molar-refractivity contribution in [3.8, 4) is 0 Å². The molecule has 0 unspecified atom stereocenters. The predicted octanol–water partition coefficient (Wildman–Crippen LogP) is 3.41. The summed E-state index contributed by atoms with van der Waals surface area (Å²) in [5, 5.41) is 8.54. The molecule has 0 heterocycles. The smallest absolute Gasteiger partial charge is 0.338 e. The van der Waals surface area contributed by atoms with Crippen LogP contribution in [-0.4, -0.2) is 26.0 Å². The highest BCUT2D eigenvalue weighted by atomic mass is 35.5. The number of carbonyl (C=O) groups is 1. The van der Waals surface area contributed by atoms with Gasteiger partial charge in [0, 0.05) is 6.54 Å². The van der Waals surface area contributed by atoms with Crippen molar-refractivity contribution in [1.29, 1.82) is 0 Å². The molecular formula is C13H17Cl2NO4S. The molecule has 1 rings (SSSR count). The minimum Gasteiger partial charge on any atom is -0.478 e. The number of carboxylic acid groups (broad SMARTS) is 1. The summed E-state index contributed by atoms with van der Waals surface area (Å²) < 4.78 is 26.7. The second-order valence-electron chi connectivity index (χ2n) is 4.97. The van der Waals surface area contributed by atoms with E-state index in [1.807, 2.05) is 13.8 Å². The van der Waals surface area contributed by atoms with E-state index in [1.165, 1.54) is 12.1 Å². The number of sulfonamides is 1. The van der Waals surface area contributed by atoms with Crippen molar-refractivity contribution in [2.24, 2.45) is 5.92 Å². The summed E-state index contributed by atoms with van der Waals surface area (Å²) in [6, 6.07) is 2.40. The summed E-state index contributed by atoms with van der Waals surface area (Å²) in [6.07, 6.45) is 1.57. The Labute approximate surface area is 134 Å². The summed E-state index contributed by atoms with van der Waals surface area (Å²) >= 11 is 11.6. The van der Waals surface area contributed by atoms with Crippen molar-refractivity contribution in [1.82, 2.24) is 4.72 Å². The number of halogens is 2. The van der Waals surface area contributed by atoms with Crippen LogP contribution in [0.4, 0.5) is 0 Å². The van der Waals surface area contributed by atoms with Crippen LogP contribution in [0.3, 0.4) is 0 Å². The van der Waals surface area contributed by atoms with Crippen LogP contribution in [0.15, 0.2) is 17.0 Å². The Morgan fingerprint density at radius 1 is 1.33 bits per heavy atom. The maximum Gasteiger partial charge on any atom is 0.338 e. The highest BCUT2D eigenvalue weighted by Gasteiger charge is 2.24. The third-order valence-corrected chi connectivity index (χ3v) is 5.13. The lowest BCUT2D eigenvalue weighted by Gasteiger charge is -2.11. The minimum atomic E-state index is -3.87. The van der Waals surface area contributed by atoms with Gasteiger partial charge in [0.1, 0.15) is 4.90 Å². The van der Waals surface area contributed by atoms with Gasteiger partial charge >= 0.3 is 5.97 Å². The molecule has 0 atom stereocenters. The number of nitrogens with one attached hydrogen (secondary N) is 1. The average Bonchev–Trinajstić information content (AvgIpc) is 2.33. The fraction of sp³-hybridized carbons (Fsp3) is 0.462. The first kappa shape index (κ1) is 18.2. The normalized spacial score (nSPS) is 11.9. The second-order valence-corrected chi connectivity index (χ2v) is 7.49. The number of carboxylic acids is 1. The molecule has 0 saturated carbocycles. The van der Waals surface area contributed by atoms with Crippen LogP contribution in [-0.2, 0) is 10.0 Å². The lowest BCUT2D eigenvalue weighted by molar-refractivity contribution is 0.0697. The van der Waals surface area contributed by atoms with Crippen LogP contribution in [0.1, 0.15) is 37.0 Å². The molecule has 0 aliphatic heterocycles. The third-order valence-electron chi connectivity index (χ3n) is 2.81. The molecule has 5 nitrogen and oxygen atoms in total. The summed E-state index contributed by atoms with van der Waals surface area (Å²) in [7, 11) is -3.87. The number of hydrogen-bond acceptors (Lipinski definition) is 3. The van der Waals surface area contributed by atoms with Crippen molar-refractivity contribution in [2.45, 2.75) is 31.6 Å². The summed E-state index contributed by atoms with van der Waals surface area (Å²) in [5.41, 5.74) is -0.414. The molecule has 0 aliphatic rings. The van der Waals surface area contributed by atoms with Crippen molar-refractivity contribution in [2.75, 3.05) is 6.54 Å². The fourth-order valence-electron chi connectivity index (χ4n) is 1.73. The van der Waals surface area contributed by atoms with Crippen molar-refractivity contribution < 1.29 is 18.3 Å². The molecule has 0 aromatic heterocycles. The van der Waals surface area contributed by atoms with E-state index in [-0.39, 0.29) is 21.5 Å². The first-order chi connectivity index (χ1) is 9.66. The zero-order valence-electron chi connectivity index (χ0n) is 11.7. The Balaban J connectivity index is 2.99. The summed E-state index contributed by atoms with van der Waals surface area (Å²) in [6.45, 7) is 4.36. The minimum absolute atomic E-state index is 0.105. The molecule has 0 spiro atoms. The van der Waals surface area contributed by atoms with Gasteiger partial charge in [0.05, 0.1) is 15.6 Å². The van der Waals surface area contributed by atoms with Crippen LogP contribution in [0.25, 0.3) is 0 Å². The number of aromatic carboxylic acids is 1. The van der Waals surface area contributed by atoms with Crippen LogP contribution in [0.2, 0.25) is 10.0 Å². The Kier molecular flexibility index (Phi) is 6.46. The molecule has 0 saturated heterocycles. The lowest BCUT2D eigenvalue weighted by atomic mass is 10.1. The molecule has 0 radical (unpaired) electrons. The van der Waals surface area contributed by atoms with Crippen LogP contribution in [0.5, 0.6) is 0 Å². The van der Waals surface area contributed by atoms with E-state index in [9.17, 15) is 13.2 Å². The van der Waals surface area contributed by atoms with Gasteiger partial charge in [0.2, 0.25) is 10.0 Å². The van der Waals surface area contributed by atoms with E-state index < -0.39 is 21.6 Å². The van der Waals surface area contributed by atoms with Gasteiger partial charge in [-0.3, -0.25) is 0 Å². The Morgan fingerprint density at radius 2 is 1.95 bits per heavy atom. The monoisotopic (exact) mass is 353 g/mol. The van der Waals surface area contributed by atoms with E-state index in [0.717, 1.165) is 6.42 Å². The fourth-order valence-corrected chi connectivity index (χ4v) is 3.72. The molecule has 118 valence electrons. The molecule has 1 aromatic carbocycles. The molecule has 0 aliphatic carbocycles. The Morgan fingerprint density at radius 3 is 2.48 bits per heavy atom. The quantitative estimate of drug-likeness (QED) is 0.735. The van der Waals surface area contributed by atoms with Crippen molar-refractivity contribution in [3.05, 3.63) is 27.7 Å².